The van der Waals surface area contributed by atoms with Gasteiger partial charge in [-0.15, -0.1) is 5.10 Å². The molecule has 1 aliphatic heterocycles. The Hall–Kier alpha value is -2.36. The molecule has 0 spiro atoms. The van der Waals surface area contributed by atoms with Crippen molar-refractivity contribution in [2.24, 2.45) is 0 Å². The Morgan fingerprint density at radius 1 is 1.15 bits per heavy atom. The minimum absolute atomic E-state index is 0.786. The van der Waals surface area contributed by atoms with Crippen LogP contribution in [0.4, 0.5) is 16.8 Å². The Kier molecular flexibility index (Phi) is 5.42. The van der Waals surface area contributed by atoms with Gasteiger partial charge in [0.25, 0.3) is 0 Å². The van der Waals surface area contributed by atoms with Crippen LogP contribution in [0, 0.1) is 10.9 Å². The number of piperazine rings is 1. The van der Waals surface area contributed by atoms with Gasteiger partial charge in [0.15, 0.2) is 10.6 Å². The Balaban J connectivity index is 1.36. The first-order valence-corrected chi connectivity index (χ1v) is 10.2. The van der Waals surface area contributed by atoms with Gasteiger partial charge in [0.2, 0.25) is 11.1 Å². The van der Waals surface area contributed by atoms with E-state index in [9.17, 15) is 0 Å². The smallest absolute Gasteiger partial charge is 0.225 e. The lowest BCUT2D eigenvalue weighted by molar-refractivity contribution is -0.924. The summed E-state index contributed by atoms with van der Waals surface area (Å²) in [6, 6.07) is 10.1. The fraction of sp³-hybridized carbons (Fsp3) is 0.333. The number of aromatic nitrogens is 4. The number of nitrogens with zero attached hydrogens (tertiary/aromatic N) is 5. The molecule has 3 heterocycles. The topological polar surface area (TPSA) is 63.3 Å². The van der Waals surface area contributed by atoms with E-state index in [2.05, 4.69) is 56.5 Å². The summed E-state index contributed by atoms with van der Waals surface area (Å²) in [6.07, 6.45) is 3.58. The summed E-state index contributed by atoms with van der Waals surface area (Å²) in [6.45, 7) is 6.76. The predicted octanol–water partition coefficient (Wildman–Crippen LogP) is 1.88. The minimum atomic E-state index is 0.786. The highest BCUT2D eigenvalue weighted by atomic mass is 32.1. The summed E-state index contributed by atoms with van der Waals surface area (Å²) in [5.74, 6) is 0.811. The Morgan fingerprint density at radius 3 is 2.56 bits per heavy atom. The van der Waals surface area contributed by atoms with Gasteiger partial charge < -0.3 is 15.1 Å². The van der Waals surface area contributed by atoms with Crippen LogP contribution in [0.1, 0.15) is 5.56 Å². The van der Waals surface area contributed by atoms with E-state index in [0.717, 1.165) is 53.6 Å². The lowest BCUT2D eigenvalue weighted by atomic mass is 10.2. The molecule has 2 N–H and O–H groups in total. The molecule has 1 aromatic carbocycles. The molecule has 1 saturated heterocycles. The standard InChI is InChI=1S/C18H21N7S2/c1-14-3-5-15(6-4-14)21-17-22-25(18(26)27-17)13-23-9-11-24(12-10-23)16-19-7-2-8-20-16/h2-8H,9-13H2,1H3,(H,21,22)/p+1. The van der Waals surface area contributed by atoms with Crippen molar-refractivity contribution >= 4 is 40.3 Å². The van der Waals surface area contributed by atoms with Crippen molar-refractivity contribution in [1.82, 2.24) is 19.7 Å². The number of hydrogen-bond donors (Lipinski definition) is 2. The molecule has 0 aliphatic carbocycles. The van der Waals surface area contributed by atoms with E-state index in [1.165, 1.54) is 21.8 Å². The zero-order chi connectivity index (χ0) is 18.6. The predicted molar refractivity (Wildman–Crippen MR) is 110 cm³/mol. The van der Waals surface area contributed by atoms with E-state index >= 15 is 0 Å². The van der Waals surface area contributed by atoms with Crippen LogP contribution in [0.25, 0.3) is 0 Å². The van der Waals surface area contributed by atoms with Gasteiger partial charge in [-0.3, -0.25) is 0 Å². The number of quaternary nitrogens is 1. The lowest BCUT2D eigenvalue weighted by Crippen LogP contribution is -3.14. The molecule has 9 heteroatoms. The van der Waals surface area contributed by atoms with Crippen molar-refractivity contribution in [3.05, 3.63) is 52.2 Å². The highest BCUT2D eigenvalue weighted by molar-refractivity contribution is 7.73. The van der Waals surface area contributed by atoms with E-state index in [-0.39, 0.29) is 0 Å². The average molecular weight is 401 g/mol. The molecule has 4 rings (SSSR count). The molecule has 1 fully saturated rings. The van der Waals surface area contributed by atoms with Crippen LogP contribution in [0.15, 0.2) is 42.7 Å². The minimum Gasteiger partial charge on any atom is -0.330 e. The zero-order valence-corrected chi connectivity index (χ0v) is 16.8. The van der Waals surface area contributed by atoms with E-state index in [4.69, 9.17) is 12.2 Å². The van der Waals surface area contributed by atoms with Crippen molar-refractivity contribution in [2.45, 2.75) is 13.6 Å². The molecule has 0 unspecified atom stereocenters. The van der Waals surface area contributed by atoms with Gasteiger partial charge in [-0.05, 0) is 37.3 Å². The van der Waals surface area contributed by atoms with Crippen LogP contribution in [-0.4, -0.2) is 45.9 Å². The number of rotatable bonds is 5. The molecule has 0 radical (unpaired) electrons. The van der Waals surface area contributed by atoms with E-state index < -0.39 is 0 Å². The number of benzene rings is 1. The quantitative estimate of drug-likeness (QED) is 0.638. The zero-order valence-electron chi connectivity index (χ0n) is 15.1. The Morgan fingerprint density at radius 2 is 1.85 bits per heavy atom. The third-order valence-electron chi connectivity index (χ3n) is 4.59. The maximum absolute atomic E-state index is 5.51. The van der Waals surface area contributed by atoms with Crippen molar-refractivity contribution in [2.75, 3.05) is 36.4 Å². The number of nitrogens with one attached hydrogen (secondary N) is 2. The fourth-order valence-corrected chi connectivity index (χ4v) is 4.09. The highest BCUT2D eigenvalue weighted by Gasteiger charge is 2.22. The molecule has 0 atom stereocenters. The second-order valence-corrected chi connectivity index (χ2v) is 8.23. The van der Waals surface area contributed by atoms with E-state index in [0.29, 0.717) is 0 Å². The average Bonchev–Trinajstić information content (AvgIpc) is 3.04. The maximum Gasteiger partial charge on any atom is 0.225 e. The highest BCUT2D eigenvalue weighted by Crippen LogP contribution is 2.20. The SMILES string of the molecule is Cc1ccc(Nc2nn(C[NH+]3CCN(c4ncccn4)CC3)c(=S)s2)cc1. The van der Waals surface area contributed by atoms with E-state index in [1.807, 2.05) is 10.7 Å². The van der Waals surface area contributed by atoms with Gasteiger partial charge in [0.1, 0.15) is 0 Å². The lowest BCUT2D eigenvalue weighted by Gasteiger charge is -2.31. The second kappa shape index (κ2) is 8.12. The maximum atomic E-state index is 5.51. The van der Waals surface area contributed by atoms with Gasteiger partial charge >= 0.3 is 0 Å². The second-order valence-electron chi connectivity index (χ2n) is 6.61. The largest absolute Gasteiger partial charge is 0.330 e. The molecule has 2 aromatic heterocycles. The molecule has 1 aliphatic rings. The van der Waals surface area contributed by atoms with Gasteiger partial charge in [0, 0.05) is 18.1 Å². The van der Waals surface area contributed by atoms with Crippen LogP contribution in [0.5, 0.6) is 0 Å². The summed E-state index contributed by atoms with van der Waals surface area (Å²) in [4.78, 5) is 12.4. The van der Waals surface area contributed by atoms with Crippen LogP contribution in [-0.2, 0) is 6.67 Å². The van der Waals surface area contributed by atoms with Gasteiger partial charge in [-0.2, -0.15) is 4.68 Å². The van der Waals surface area contributed by atoms with Crippen molar-refractivity contribution < 1.29 is 4.90 Å². The molecule has 27 heavy (non-hydrogen) atoms. The van der Waals surface area contributed by atoms with Crippen LogP contribution in [0.3, 0.4) is 0 Å². The summed E-state index contributed by atoms with van der Waals surface area (Å²) >= 11 is 7.02. The number of aryl methyl sites for hydroxylation is 1. The first-order valence-electron chi connectivity index (χ1n) is 8.94. The first kappa shape index (κ1) is 18.0. The van der Waals surface area contributed by atoms with Crippen LogP contribution < -0.4 is 15.1 Å². The molecule has 0 amide bonds. The van der Waals surface area contributed by atoms with Crippen molar-refractivity contribution in [3.63, 3.8) is 0 Å². The first-order chi connectivity index (χ1) is 13.2. The molecule has 140 valence electrons. The van der Waals surface area contributed by atoms with Crippen molar-refractivity contribution in [3.8, 4) is 0 Å². The molecule has 0 saturated carbocycles. The summed E-state index contributed by atoms with van der Waals surface area (Å²) in [5.41, 5.74) is 2.27. The van der Waals surface area contributed by atoms with Crippen LogP contribution >= 0.6 is 23.6 Å². The number of hydrogen-bond acceptors (Lipinski definition) is 7. The summed E-state index contributed by atoms with van der Waals surface area (Å²) < 4.78 is 2.73. The third-order valence-corrected chi connectivity index (χ3v) is 5.81. The molecule has 7 nitrogen and oxygen atoms in total. The molecular formula is C18H22N7S2+. The van der Waals surface area contributed by atoms with Gasteiger partial charge in [-0.1, -0.05) is 29.0 Å². The molecular weight excluding hydrogens is 378 g/mol. The van der Waals surface area contributed by atoms with Gasteiger partial charge in [-0.25, -0.2) is 9.97 Å². The number of anilines is 3. The normalized spacial score (nSPS) is 15.1. The van der Waals surface area contributed by atoms with E-state index in [1.54, 1.807) is 12.4 Å². The summed E-state index contributed by atoms with van der Waals surface area (Å²) in [7, 11) is 0. The Labute approximate surface area is 167 Å². The fourth-order valence-electron chi connectivity index (χ4n) is 3.06. The van der Waals surface area contributed by atoms with Crippen molar-refractivity contribution in [1.29, 1.82) is 0 Å². The summed E-state index contributed by atoms with van der Waals surface area (Å²) in [5, 5.41) is 8.84. The van der Waals surface area contributed by atoms with Gasteiger partial charge in [0.05, 0.1) is 26.2 Å². The molecule has 3 aromatic rings. The molecule has 0 bridgehead atoms. The third kappa shape index (κ3) is 4.49. The van der Waals surface area contributed by atoms with Crippen LogP contribution in [0.2, 0.25) is 0 Å². The Bertz CT molecular complexity index is 928. The monoisotopic (exact) mass is 400 g/mol.